The van der Waals surface area contributed by atoms with Gasteiger partial charge in [0.15, 0.2) is 0 Å². The molecule has 0 saturated heterocycles. The minimum Gasteiger partial charge on any atom is -0.271 e. The number of nitrogens with zero attached hydrogens (tertiary/aromatic N) is 6. The highest BCUT2D eigenvalue weighted by Gasteiger charge is 2.27. The molecule has 2 rings (SSSR count). The van der Waals surface area contributed by atoms with Gasteiger partial charge >= 0.3 is 0 Å². The first-order chi connectivity index (χ1) is 10.8. The van der Waals surface area contributed by atoms with Crippen LogP contribution in [0.3, 0.4) is 0 Å². The summed E-state index contributed by atoms with van der Waals surface area (Å²) in [5.41, 5.74) is 0.382. The lowest BCUT2D eigenvalue weighted by Gasteiger charge is -2.16. The van der Waals surface area contributed by atoms with Gasteiger partial charge in [-0.05, 0) is 13.8 Å². The summed E-state index contributed by atoms with van der Waals surface area (Å²) in [5, 5.41) is 7.80. The Bertz CT molecular complexity index is 770. The molecule has 0 aromatic carbocycles. The predicted molar refractivity (Wildman–Crippen MR) is 77.3 cm³/mol. The van der Waals surface area contributed by atoms with Crippen LogP contribution in [0.15, 0.2) is 17.4 Å². The summed E-state index contributed by atoms with van der Waals surface area (Å²) in [4.78, 5) is 3.94. The van der Waals surface area contributed by atoms with Crippen LogP contribution >= 0.6 is 0 Å². The number of rotatable bonds is 7. The quantitative estimate of drug-likeness (QED) is 0.742. The van der Waals surface area contributed by atoms with Crippen LogP contribution in [0.1, 0.15) is 18.4 Å². The summed E-state index contributed by atoms with van der Waals surface area (Å²) in [6.45, 7) is 3.20. The number of hydrogen-bond donors (Lipinski definition) is 0. The number of hydrogen-bond acceptors (Lipinski definition) is 5. The van der Waals surface area contributed by atoms with Crippen molar-refractivity contribution in [3.8, 4) is 0 Å². The van der Waals surface area contributed by atoms with E-state index in [-0.39, 0.29) is 17.3 Å². The van der Waals surface area contributed by atoms with E-state index in [4.69, 9.17) is 0 Å². The lowest BCUT2D eigenvalue weighted by Crippen LogP contribution is -2.28. The van der Waals surface area contributed by atoms with Gasteiger partial charge in [-0.25, -0.2) is 26.9 Å². The van der Waals surface area contributed by atoms with Crippen LogP contribution in [-0.4, -0.2) is 50.7 Å². The predicted octanol–water partition coefficient (Wildman–Crippen LogP) is 0.889. The van der Waals surface area contributed by atoms with Gasteiger partial charge in [-0.15, -0.1) is 0 Å². The van der Waals surface area contributed by atoms with Gasteiger partial charge in [0.05, 0.1) is 12.2 Å². The molecule has 11 heteroatoms. The normalized spacial score (nSPS) is 12.5. The summed E-state index contributed by atoms with van der Waals surface area (Å²) in [5.74, 6) is 0.150. The van der Waals surface area contributed by atoms with E-state index in [0.29, 0.717) is 12.2 Å². The van der Waals surface area contributed by atoms with E-state index >= 15 is 0 Å². The molecule has 0 radical (unpaired) electrons. The van der Waals surface area contributed by atoms with E-state index in [1.54, 1.807) is 6.92 Å². The minimum absolute atomic E-state index is 0.0850. The molecule has 23 heavy (non-hydrogen) atoms. The standard InChI is InChI=1S/C12H18F2N6O2S/c1-4-19-5-10(9(2)17-19)23(21,22)18(3)7-12-15-8-16-20(12)6-11(13)14/h5,8,11H,4,6-7H2,1-3H3. The van der Waals surface area contributed by atoms with Gasteiger partial charge in [0.25, 0.3) is 6.43 Å². The van der Waals surface area contributed by atoms with Gasteiger partial charge in [0.2, 0.25) is 10.0 Å². The Kier molecular flexibility index (Phi) is 5.09. The second kappa shape index (κ2) is 6.71. The summed E-state index contributed by atoms with van der Waals surface area (Å²) < 4.78 is 53.7. The molecular formula is C12H18F2N6O2S. The zero-order valence-electron chi connectivity index (χ0n) is 13.0. The van der Waals surface area contributed by atoms with Crippen LogP contribution in [0.2, 0.25) is 0 Å². The van der Waals surface area contributed by atoms with E-state index in [1.165, 1.54) is 17.9 Å². The van der Waals surface area contributed by atoms with Crippen molar-refractivity contribution >= 4 is 10.0 Å². The minimum atomic E-state index is -3.80. The highest BCUT2D eigenvalue weighted by molar-refractivity contribution is 7.89. The molecule has 8 nitrogen and oxygen atoms in total. The molecule has 2 aromatic rings. The molecule has 0 unspecified atom stereocenters. The fourth-order valence-electron chi connectivity index (χ4n) is 2.06. The van der Waals surface area contributed by atoms with Gasteiger partial charge in [-0.2, -0.15) is 14.5 Å². The van der Waals surface area contributed by atoms with E-state index in [0.717, 1.165) is 15.3 Å². The third-order valence-corrected chi connectivity index (χ3v) is 5.19. The van der Waals surface area contributed by atoms with E-state index in [2.05, 4.69) is 15.2 Å². The first-order valence-corrected chi connectivity index (χ1v) is 8.35. The van der Waals surface area contributed by atoms with Crippen LogP contribution in [0.25, 0.3) is 0 Å². The van der Waals surface area contributed by atoms with E-state index in [9.17, 15) is 17.2 Å². The van der Waals surface area contributed by atoms with Crippen molar-refractivity contribution in [2.75, 3.05) is 7.05 Å². The maximum atomic E-state index is 12.6. The summed E-state index contributed by atoms with van der Waals surface area (Å²) in [7, 11) is -2.44. The fourth-order valence-corrected chi connectivity index (χ4v) is 3.35. The lowest BCUT2D eigenvalue weighted by atomic mass is 10.5. The van der Waals surface area contributed by atoms with Crippen LogP contribution < -0.4 is 0 Å². The molecule has 2 aromatic heterocycles. The Hall–Kier alpha value is -1.88. The molecule has 0 saturated carbocycles. The van der Waals surface area contributed by atoms with Gasteiger partial charge in [-0.1, -0.05) is 0 Å². The third kappa shape index (κ3) is 3.72. The van der Waals surface area contributed by atoms with Crippen molar-refractivity contribution in [2.45, 2.75) is 44.8 Å². The maximum absolute atomic E-state index is 12.6. The van der Waals surface area contributed by atoms with Crippen molar-refractivity contribution in [3.63, 3.8) is 0 Å². The Morgan fingerprint density at radius 3 is 2.65 bits per heavy atom. The molecule has 0 aliphatic heterocycles. The Balaban J connectivity index is 2.24. The number of aryl methyl sites for hydroxylation is 2. The zero-order valence-corrected chi connectivity index (χ0v) is 13.8. The topological polar surface area (TPSA) is 85.9 Å². The number of halogens is 2. The lowest BCUT2D eigenvalue weighted by molar-refractivity contribution is 0.119. The van der Waals surface area contributed by atoms with Crippen molar-refractivity contribution in [2.24, 2.45) is 0 Å². The van der Waals surface area contributed by atoms with Gasteiger partial charge in [0, 0.05) is 19.8 Å². The summed E-state index contributed by atoms with van der Waals surface area (Å²) in [6.07, 6.45) is -0.0220. The van der Waals surface area contributed by atoms with Crippen LogP contribution in [0, 0.1) is 6.92 Å². The SMILES string of the molecule is CCn1cc(S(=O)(=O)N(C)Cc2ncnn2CC(F)F)c(C)n1. The Morgan fingerprint density at radius 2 is 2.09 bits per heavy atom. The monoisotopic (exact) mass is 348 g/mol. The average Bonchev–Trinajstić information content (AvgIpc) is 3.05. The zero-order chi connectivity index (χ0) is 17.2. The van der Waals surface area contributed by atoms with Gasteiger partial charge < -0.3 is 0 Å². The van der Waals surface area contributed by atoms with Crippen LogP contribution in [0.4, 0.5) is 8.78 Å². The van der Waals surface area contributed by atoms with Crippen molar-refractivity contribution in [1.29, 1.82) is 0 Å². The van der Waals surface area contributed by atoms with Gasteiger partial charge in [0.1, 0.15) is 23.6 Å². The highest BCUT2D eigenvalue weighted by atomic mass is 32.2. The van der Waals surface area contributed by atoms with Crippen molar-refractivity contribution in [3.05, 3.63) is 24.0 Å². The smallest absolute Gasteiger partial charge is 0.257 e. The number of aromatic nitrogens is 5. The van der Waals surface area contributed by atoms with Crippen molar-refractivity contribution < 1.29 is 17.2 Å². The molecule has 128 valence electrons. The average molecular weight is 348 g/mol. The molecule has 0 N–H and O–H groups in total. The van der Waals surface area contributed by atoms with E-state index < -0.39 is 23.0 Å². The van der Waals surface area contributed by atoms with E-state index in [1.807, 2.05) is 6.92 Å². The highest BCUT2D eigenvalue weighted by Crippen LogP contribution is 2.19. The number of alkyl halides is 2. The fraction of sp³-hybridized carbons (Fsp3) is 0.583. The molecule has 0 bridgehead atoms. The largest absolute Gasteiger partial charge is 0.271 e. The second-order valence-corrected chi connectivity index (χ2v) is 6.96. The van der Waals surface area contributed by atoms with Gasteiger partial charge in [-0.3, -0.25) is 4.68 Å². The summed E-state index contributed by atoms with van der Waals surface area (Å²) >= 11 is 0. The molecule has 0 fully saturated rings. The van der Waals surface area contributed by atoms with Crippen molar-refractivity contribution in [1.82, 2.24) is 28.9 Å². The molecule has 0 amide bonds. The second-order valence-electron chi connectivity index (χ2n) is 4.94. The van der Waals surface area contributed by atoms with Crippen LogP contribution in [-0.2, 0) is 29.7 Å². The Morgan fingerprint density at radius 1 is 1.39 bits per heavy atom. The third-order valence-electron chi connectivity index (χ3n) is 3.28. The molecule has 0 spiro atoms. The first kappa shape index (κ1) is 17.5. The summed E-state index contributed by atoms with van der Waals surface area (Å²) in [6, 6.07) is 0. The maximum Gasteiger partial charge on any atom is 0.257 e. The van der Waals surface area contributed by atoms with Crippen LogP contribution in [0.5, 0.6) is 0 Å². The Labute approximate surface area is 132 Å². The molecule has 0 aliphatic rings. The molecule has 0 aliphatic carbocycles. The number of sulfonamides is 1. The molecule has 0 atom stereocenters. The molecular weight excluding hydrogens is 330 g/mol. The molecule has 2 heterocycles. The first-order valence-electron chi connectivity index (χ1n) is 6.91.